The molecule has 0 saturated heterocycles. The van der Waals surface area contributed by atoms with E-state index >= 15 is 0 Å². The molecule has 3 unspecified atom stereocenters. The van der Waals surface area contributed by atoms with Gasteiger partial charge in [-0.3, -0.25) is 37.3 Å². The standard InChI is InChI=1S/C74H144O17P2/c1-9-67(8)53-45-37-27-23-18-16-14-12-10-11-13-15-17-19-25-29-40-48-56-73(78)90-69(61-85-72(77)55-47-39-32-30-35-43-51-65(4)5)62-88-92(80,81)86-58-68(75)59-87-93(82,83)89-63-70(91-74(79)57-49-41-33-31-36-44-52-66(6)7)60-84-71(76)54-46-38-28-24-21-20-22-26-34-42-50-64(2)3/h64-70,75H,9-63H2,1-8H3,(H,80,81)(H,82,83)/t67?,68-,69+,70+/m0/s1. The van der Waals surface area contributed by atoms with E-state index in [-0.39, 0.29) is 25.7 Å². The molecule has 0 heterocycles. The zero-order valence-electron chi connectivity index (χ0n) is 60.9. The maximum atomic E-state index is 13.0. The lowest BCUT2D eigenvalue weighted by Gasteiger charge is -2.21. The molecule has 0 aliphatic heterocycles. The van der Waals surface area contributed by atoms with Crippen molar-refractivity contribution < 1.29 is 80.2 Å². The molecular formula is C74H144O17P2. The van der Waals surface area contributed by atoms with Crippen molar-refractivity contribution in [3.63, 3.8) is 0 Å². The van der Waals surface area contributed by atoms with Gasteiger partial charge in [0.05, 0.1) is 26.4 Å². The molecule has 19 heteroatoms. The van der Waals surface area contributed by atoms with E-state index in [2.05, 4.69) is 55.4 Å². The van der Waals surface area contributed by atoms with E-state index in [1.807, 2.05) is 0 Å². The van der Waals surface area contributed by atoms with Crippen molar-refractivity contribution in [2.24, 2.45) is 23.7 Å². The van der Waals surface area contributed by atoms with E-state index in [4.69, 9.17) is 37.0 Å². The molecule has 0 rings (SSSR count). The number of aliphatic hydroxyl groups is 1. The third-order valence-corrected chi connectivity index (χ3v) is 19.3. The number of carbonyl (C=O) groups is 4. The molecule has 0 saturated carbocycles. The quantitative estimate of drug-likeness (QED) is 0.0222. The fourth-order valence-electron chi connectivity index (χ4n) is 11.2. The Balaban J connectivity index is 5.12. The summed E-state index contributed by atoms with van der Waals surface area (Å²) in [6, 6.07) is 0. The molecule has 0 aliphatic carbocycles. The molecule has 0 aromatic heterocycles. The van der Waals surface area contributed by atoms with Gasteiger partial charge >= 0.3 is 39.5 Å². The summed E-state index contributed by atoms with van der Waals surface area (Å²) in [4.78, 5) is 72.6. The molecule has 0 bridgehead atoms. The Bertz CT molecular complexity index is 1840. The summed E-state index contributed by atoms with van der Waals surface area (Å²) in [5.41, 5.74) is 0. The Kier molecular flexibility index (Phi) is 62.2. The molecule has 6 atom stereocenters. The van der Waals surface area contributed by atoms with Gasteiger partial charge in [0.15, 0.2) is 12.2 Å². The smallest absolute Gasteiger partial charge is 0.462 e. The van der Waals surface area contributed by atoms with Crippen molar-refractivity contribution in [1.29, 1.82) is 0 Å². The molecule has 0 spiro atoms. The van der Waals surface area contributed by atoms with Gasteiger partial charge in [0, 0.05) is 25.7 Å². The highest BCUT2D eigenvalue weighted by molar-refractivity contribution is 7.47. The van der Waals surface area contributed by atoms with E-state index in [0.717, 1.165) is 108 Å². The SMILES string of the molecule is CCC(C)CCCCCCCCCCCCCCCCCCCCC(=O)O[C@H](COC(=O)CCCCCCCCC(C)C)COP(=O)(O)OC[C@H](O)COP(=O)(O)OC[C@@H](COC(=O)CCCCCCCCCCCCC(C)C)OC(=O)CCCCCCCCC(C)C. The predicted octanol–water partition coefficient (Wildman–Crippen LogP) is 21.3. The zero-order chi connectivity index (χ0) is 68.9. The van der Waals surface area contributed by atoms with Crippen LogP contribution in [0.4, 0.5) is 0 Å². The second-order valence-corrected chi connectivity index (χ2v) is 31.3. The highest BCUT2D eigenvalue weighted by Gasteiger charge is 2.30. The first-order valence-electron chi connectivity index (χ1n) is 38.2. The number of hydrogen-bond donors (Lipinski definition) is 3. The van der Waals surface area contributed by atoms with Crippen molar-refractivity contribution in [2.45, 2.75) is 388 Å². The van der Waals surface area contributed by atoms with E-state index in [9.17, 15) is 43.2 Å². The second kappa shape index (κ2) is 63.5. The number of ether oxygens (including phenoxy) is 4. The summed E-state index contributed by atoms with van der Waals surface area (Å²) in [5, 5.41) is 10.6. The van der Waals surface area contributed by atoms with Crippen LogP contribution in [0.3, 0.4) is 0 Å². The fraction of sp³-hybridized carbons (Fsp3) is 0.946. The van der Waals surface area contributed by atoms with Gasteiger partial charge in [-0.2, -0.15) is 0 Å². The molecule has 0 aromatic rings. The minimum atomic E-state index is -4.95. The summed E-state index contributed by atoms with van der Waals surface area (Å²) in [6.07, 6.45) is 47.7. The minimum Gasteiger partial charge on any atom is -0.462 e. The van der Waals surface area contributed by atoms with E-state index < -0.39 is 97.5 Å². The number of unbranched alkanes of at least 4 members (excludes halogenated alkanes) is 36. The number of carbonyl (C=O) groups excluding carboxylic acids is 4. The summed E-state index contributed by atoms with van der Waals surface area (Å²) in [5.74, 6) is 0.847. The largest absolute Gasteiger partial charge is 0.472 e. The van der Waals surface area contributed by atoms with Crippen molar-refractivity contribution in [3.8, 4) is 0 Å². The molecule has 0 aliphatic rings. The van der Waals surface area contributed by atoms with Crippen LogP contribution in [0.5, 0.6) is 0 Å². The number of esters is 4. The normalized spacial score (nSPS) is 14.5. The van der Waals surface area contributed by atoms with Crippen molar-refractivity contribution in [2.75, 3.05) is 39.6 Å². The van der Waals surface area contributed by atoms with Crippen LogP contribution in [0.15, 0.2) is 0 Å². The van der Waals surface area contributed by atoms with Crippen LogP contribution < -0.4 is 0 Å². The minimum absolute atomic E-state index is 0.101. The summed E-state index contributed by atoms with van der Waals surface area (Å²) < 4.78 is 68.3. The average Bonchev–Trinajstić information content (AvgIpc) is 3.72. The van der Waals surface area contributed by atoms with Gasteiger partial charge in [-0.25, -0.2) is 9.13 Å². The molecule has 0 radical (unpaired) electrons. The van der Waals surface area contributed by atoms with Gasteiger partial charge < -0.3 is 33.8 Å². The second-order valence-electron chi connectivity index (χ2n) is 28.4. The first kappa shape index (κ1) is 91.1. The highest BCUT2D eigenvalue weighted by Crippen LogP contribution is 2.45. The number of phosphoric ester groups is 2. The zero-order valence-corrected chi connectivity index (χ0v) is 62.7. The number of aliphatic hydroxyl groups excluding tert-OH is 1. The number of hydrogen-bond acceptors (Lipinski definition) is 15. The third kappa shape index (κ3) is 67.0. The van der Waals surface area contributed by atoms with Crippen molar-refractivity contribution in [1.82, 2.24) is 0 Å². The van der Waals surface area contributed by atoms with Crippen LogP contribution in [0.25, 0.3) is 0 Å². The monoisotopic (exact) mass is 1370 g/mol. The predicted molar refractivity (Wildman–Crippen MR) is 377 cm³/mol. The van der Waals surface area contributed by atoms with Crippen molar-refractivity contribution >= 4 is 39.5 Å². The van der Waals surface area contributed by atoms with Gasteiger partial charge in [0.25, 0.3) is 0 Å². The van der Waals surface area contributed by atoms with Gasteiger partial charge in [0.2, 0.25) is 0 Å². The van der Waals surface area contributed by atoms with Crippen LogP contribution in [0.1, 0.15) is 370 Å². The average molecular weight is 1370 g/mol. The lowest BCUT2D eigenvalue weighted by Crippen LogP contribution is -2.30. The molecule has 552 valence electrons. The van der Waals surface area contributed by atoms with Crippen LogP contribution >= 0.6 is 15.6 Å². The van der Waals surface area contributed by atoms with Gasteiger partial charge in [-0.15, -0.1) is 0 Å². The number of phosphoric acid groups is 2. The van der Waals surface area contributed by atoms with Gasteiger partial charge in [-0.05, 0) is 49.4 Å². The topological polar surface area (TPSA) is 237 Å². The van der Waals surface area contributed by atoms with E-state index in [1.165, 1.54) is 167 Å². The summed E-state index contributed by atoms with van der Waals surface area (Å²) in [7, 11) is -9.90. The van der Waals surface area contributed by atoms with Crippen LogP contribution in [-0.4, -0.2) is 96.7 Å². The van der Waals surface area contributed by atoms with Crippen LogP contribution in [-0.2, 0) is 65.4 Å². The molecule has 0 aromatic carbocycles. The molecular weight excluding hydrogens is 1220 g/mol. The molecule has 0 amide bonds. The van der Waals surface area contributed by atoms with E-state index in [0.29, 0.717) is 37.5 Å². The Hall–Kier alpha value is -1.94. The van der Waals surface area contributed by atoms with Gasteiger partial charge in [-0.1, -0.05) is 319 Å². The maximum Gasteiger partial charge on any atom is 0.472 e. The first-order valence-corrected chi connectivity index (χ1v) is 41.2. The van der Waals surface area contributed by atoms with Crippen LogP contribution in [0.2, 0.25) is 0 Å². The Morgan fingerprint density at radius 3 is 0.763 bits per heavy atom. The Morgan fingerprint density at radius 2 is 0.516 bits per heavy atom. The first-order chi connectivity index (χ1) is 44.6. The lowest BCUT2D eigenvalue weighted by atomic mass is 9.99. The molecule has 0 fully saturated rings. The highest BCUT2D eigenvalue weighted by atomic mass is 31.2. The van der Waals surface area contributed by atoms with Crippen molar-refractivity contribution in [3.05, 3.63) is 0 Å². The van der Waals surface area contributed by atoms with E-state index in [1.54, 1.807) is 0 Å². The maximum absolute atomic E-state index is 13.0. The number of rotatable bonds is 71. The molecule has 17 nitrogen and oxygen atoms in total. The van der Waals surface area contributed by atoms with Crippen LogP contribution in [0, 0.1) is 23.7 Å². The Morgan fingerprint density at radius 1 is 0.301 bits per heavy atom. The summed E-state index contributed by atoms with van der Waals surface area (Å²) >= 11 is 0. The third-order valence-electron chi connectivity index (χ3n) is 17.4. The molecule has 93 heavy (non-hydrogen) atoms. The summed E-state index contributed by atoms with van der Waals surface area (Å²) in [6.45, 7) is 14.1. The fourth-order valence-corrected chi connectivity index (χ4v) is 12.7. The van der Waals surface area contributed by atoms with Gasteiger partial charge in [0.1, 0.15) is 19.3 Å². The Labute approximate surface area is 568 Å². The lowest BCUT2D eigenvalue weighted by molar-refractivity contribution is -0.161. The molecule has 3 N–H and O–H groups in total.